The number of nitrogens with zero attached hydrogens (tertiary/aromatic N) is 1. The second-order valence-electron chi connectivity index (χ2n) is 5.39. The Balaban J connectivity index is 2.44. The fourth-order valence-corrected chi connectivity index (χ4v) is 2.46. The van der Waals surface area contributed by atoms with Gasteiger partial charge in [-0.3, -0.25) is 4.99 Å². The van der Waals surface area contributed by atoms with Gasteiger partial charge in [-0.25, -0.2) is 0 Å². The topological polar surface area (TPSA) is 24.4 Å². The van der Waals surface area contributed by atoms with Crippen molar-refractivity contribution in [2.24, 2.45) is 16.3 Å². The van der Waals surface area contributed by atoms with Gasteiger partial charge in [-0.05, 0) is 18.3 Å². The highest BCUT2D eigenvalue weighted by Gasteiger charge is 2.24. The standard InChI is InChI=1S/C12H24N2S/c1-6-9(2)10(3)14-11-13-7-12(4,5)8-15-11/h9-10H,6-8H2,1-5H3,(H,13,14). The Kier molecular flexibility index (Phi) is 4.50. The molecule has 0 aromatic heterocycles. The summed E-state index contributed by atoms with van der Waals surface area (Å²) in [6.45, 7) is 12.3. The molecule has 2 unspecified atom stereocenters. The Morgan fingerprint density at radius 3 is 2.60 bits per heavy atom. The number of hydrogen-bond acceptors (Lipinski definition) is 3. The van der Waals surface area contributed by atoms with Gasteiger partial charge in [0.25, 0.3) is 0 Å². The lowest BCUT2D eigenvalue weighted by Gasteiger charge is -2.29. The molecule has 1 aliphatic rings. The molecule has 0 aromatic rings. The third-order valence-corrected chi connectivity index (χ3v) is 4.55. The summed E-state index contributed by atoms with van der Waals surface area (Å²) in [6.07, 6.45) is 1.22. The molecular weight excluding hydrogens is 204 g/mol. The number of nitrogens with one attached hydrogen (secondary N) is 1. The lowest BCUT2D eigenvalue weighted by Crippen LogP contribution is -2.39. The summed E-state index contributed by atoms with van der Waals surface area (Å²) >= 11 is 1.87. The van der Waals surface area contributed by atoms with Crippen LogP contribution < -0.4 is 5.32 Å². The van der Waals surface area contributed by atoms with Crippen LogP contribution in [-0.2, 0) is 0 Å². The molecule has 2 atom stereocenters. The monoisotopic (exact) mass is 228 g/mol. The summed E-state index contributed by atoms with van der Waals surface area (Å²) < 4.78 is 0. The number of rotatable bonds is 3. The van der Waals surface area contributed by atoms with Gasteiger partial charge in [0.1, 0.15) is 0 Å². The summed E-state index contributed by atoms with van der Waals surface area (Å²) in [5.41, 5.74) is 0.370. The van der Waals surface area contributed by atoms with Crippen molar-refractivity contribution in [2.45, 2.75) is 47.1 Å². The van der Waals surface area contributed by atoms with Crippen molar-refractivity contribution in [3.05, 3.63) is 0 Å². The number of aliphatic imine (C=N–C) groups is 1. The van der Waals surface area contributed by atoms with Crippen molar-refractivity contribution in [3.8, 4) is 0 Å². The van der Waals surface area contributed by atoms with E-state index < -0.39 is 0 Å². The van der Waals surface area contributed by atoms with Gasteiger partial charge in [0.05, 0.1) is 0 Å². The summed E-state index contributed by atoms with van der Waals surface area (Å²) in [7, 11) is 0. The Morgan fingerprint density at radius 2 is 2.13 bits per heavy atom. The van der Waals surface area contributed by atoms with Crippen LogP contribution in [0.2, 0.25) is 0 Å². The summed E-state index contributed by atoms with van der Waals surface area (Å²) in [5, 5.41) is 4.66. The molecule has 1 heterocycles. The van der Waals surface area contributed by atoms with E-state index in [0.29, 0.717) is 17.4 Å². The largest absolute Gasteiger partial charge is 0.362 e. The SMILES string of the molecule is CCC(C)C(C)NC1=NCC(C)(C)CS1. The van der Waals surface area contributed by atoms with Gasteiger partial charge < -0.3 is 5.32 Å². The third kappa shape index (κ3) is 4.06. The van der Waals surface area contributed by atoms with E-state index in [0.717, 1.165) is 11.7 Å². The predicted octanol–water partition coefficient (Wildman–Crippen LogP) is 3.14. The molecule has 0 bridgehead atoms. The zero-order chi connectivity index (χ0) is 11.5. The molecule has 1 aliphatic heterocycles. The second kappa shape index (κ2) is 5.24. The molecule has 1 N–H and O–H groups in total. The molecule has 0 saturated carbocycles. The van der Waals surface area contributed by atoms with Crippen LogP contribution in [0.15, 0.2) is 4.99 Å². The third-order valence-electron chi connectivity index (χ3n) is 3.10. The van der Waals surface area contributed by atoms with Gasteiger partial charge in [-0.15, -0.1) is 0 Å². The van der Waals surface area contributed by atoms with E-state index in [1.54, 1.807) is 0 Å². The van der Waals surface area contributed by atoms with Crippen molar-refractivity contribution >= 4 is 16.9 Å². The predicted molar refractivity (Wildman–Crippen MR) is 70.6 cm³/mol. The number of thioether (sulfide) groups is 1. The minimum absolute atomic E-state index is 0.370. The average molecular weight is 228 g/mol. The van der Waals surface area contributed by atoms with Crippen LogP contribution in [0.5, 0.6) is 0 Å². The van der Waals surface area contributed by atoms with E-state index >= 15 is 0 Å². The van der Waals surface area contributed by atoms with Crippen molar-refractivity contribution in [1.82, 2.24) is 5.32 Å². The fourth-order valence-electron chi connectivity index (χ4n) is 1.42. The van der Waals surface area contributed by atoms with E-state index in [1.807, 2.05) is 11.8 Å². The lowest BCUT2D eigenvalue weighted by atomic mass is 9.97. The number of hydrogen-bond donors (Lipinski definition) is 1. The molecule has 0 radical (unpaired) electrons. The van der Waals surface area contributed by atoms with E-state index in [-0.39, 0.29) is 0 Å². The first-order chi connectivity index (χ1) is 6.94. The summed E-state index contributed by atoms with van der Waals surface area (Å²) in [5.74, 6) is 1.88. The molecule has 0 spiro atoms. The van der Waals surface area contributed by atoms with Crippen LogP contribution in [0.3, 0.4) is 0 Å². The molecule has 0 saturated heterocycles. The molecule has 0 aromatic carbocycles. The first-order valence-corrected chi connectivity index (χ1v) is 6.87. The molecule has 1 rings (SSSR count). The van der Waals surface area contributed by atoms with E-state index in [2.05, 4.69) is 44.9 Å². The highest BCUT2D eigenvalue weighted by atomic mass is 32.2. The minimum Gasteiger partial charge on any atom is -0.362 e. The van der Waals surface area contributed by atoms with Crippen molar-refractivity contribution < 1.29 is 0 Å². The van der Waals surface area contributed by atoms with E-state index in [9.17, 15) is 0 Å². The lowest BCUT2D eigenvalue weighted by molar-refractivity contribution is 0.424. The van der Waals surface area contributed by atoms with Gasteiger partial charge in [0.15, 0.2) is 5.17 Å². The molecule has 88 valence electrons. The van der Waals surface area contributed by atoms with Crippen LogP contribution in [0.4, 0.5) is 0 Å². The Labute approximate surface area is 98.3 Å². The van der Waals surface area contributed by atoms with Gasteiger partial charge in [0.2, 0.25) is 0 Å². The van der Waals surface area contributed by atoms with Crippen molar-refractivity contribution in [2.75, 3.05) is 12.3 Å². The van der Waals surface area contributed by atoms with Crippen LogP contribution in [0.1, 0.15) is 41.0 Å². The van der Waals surface area contributed by atoms with Gasteiger partial charge in [0, 0.05) is 18.3 Å². The summed E-state index contributed by atoms with van der Waals surface area (Å²) in [4.78, 5) is 4.61. The highest BCUT2D eigenvalue weighted by Crippen LogP contribution is 2.27. The normalized spacial score (nSPS) is 24.2. The fraction of sp³-hybridized carbons (Fsp3) is 0.917. The Bertz CT molecular complexity index is 236. The van der Waals surface area contributed by atoms with E-state index in [4.69, 9.17) is 0 Å². The summed E-state index contributed by atoms with van der Waals surface area (Å²) in [6, 6.07) is 0.530. The second-order valence-corrected chi connectivity index (χ2v) is 6.36. The molecular formula is C12H24N2S. The smallest absolute Gasteiger partial charge is 0.156 e. The zero-order valence-electron chi connectivity index (χ0n) is 10.6. The first kappa shape index (κ1) is 12.9. The average Bonchev–Trinajstić information content (AvgIpc) is 2.20. The quantitative estimate of drug-likeness (QED) is 0.802. The number of amidine groups is 1. The van der Waals surface area contributed by atoms with Crippen LogP contribution in [-0.4, -0.2) is 23.5 Å². The molecule has 2 nitrogen and oxygen atoms in total. The van der Waals surface area contributed by atoms with Crippen LogP contribution in [0, 0.1) is 11.3 Å². The maximum Gasteiger partial charge on any atom is 0.156 e. The van der Waals surface area contributed by atoms with Gasteiger partial charge >= 0.3 is 0 Å². The minimum atomic E-state index is 0.370. The van der Waals surface area contributed by atoms with Crippen molar-refractivity contribution in [3.63, 3.8) is 0 Å². The Morgan fingerprint density at radius 1 is 1.47 bits per heavy atom. The maximum atomic E-state index is 4.61. The molecule has 15 heavy (non-hydrogen) atoms. The molecule has 0 amide bonds. The van der Waals surface area contributed by atoms with Gasteiger partial charge in [-0.1, -0.05) is 45.9 Å². The highest BCUT2D eigenvalue weighted by molar-refractivity contribution is 8.13. The maximum absolute atomic E-state index is 4.61. The van der Waals surface area contributed by atoms with Crippen LogP contribution in [0.25, 0.3) is 0 Å². The first-order valence-electron chi connectivity index (χ1n) is 5.88. The van der Waals surface area contributed by atoms with E-state index in [1.165, 1.54) is 12.2 Å². The molecule has 0 fully saturated rings. The molecule has 0 aliphatic carbocycles. The zero-order valence-corrected chi connectivity index (χ0v) is 11.4. The van der Waals surface area contributed by atoms with Gasteiger partial charge in [-0.2, -0.15) is 0 Å². The van der Waals surface area contributed by atoms with Crippen molar-refractivity contribution in [1.29, 1.82) is 0 Å². The molecule has 3 heteroatoms. The van der Waals surface area contributed by atoms with Crippen LogP contribution >= 0.6 is 11.8 Å². The Hall–Kier alpha value is -0.180.